The van der Waals surface area contributed by atoms with Gasteiger partial charge in [0.2, 0.25) is 0 Å². The first-order valence-electron chi connectivity index (χ1n) is 10.8. The van der Waals surface area contributed by atoms with E-state index in [-0.39, 0.29) is 6.54 Å². The van der Waals surface area contributed by atoms with Crippen LogP contribution in [0.5, 0.6) is 0 Å². The minimum atomic E-state index is -1.18. The summed E-state index contributed by atoms with van der Waals surface area (Å²) in [5.74, 6) is -3.54. The van der Waals surface area contributed by atoms with Crippen LogP contribution in [0, 0.1) is 0 Å². The van der Waals surface area contributed by atoms with E-state index < -0.39 is 40.5 Å². The topological polar surface area (TPSA) is 112 Å². The largest absolute Gasteiger partial charge is 0.477 e. The van der Waals surface area contributed by atoms with Gasteiger partial charge < -0.3 is 15.3 Å². The lowest BCUT2D eigenvalue weighted by Gasteiger charge is -2.47. The Kier molecular flexibility index (Phi) is 13.2. The predicted octanol–water partition coefficient (Wildman–Crippen LogP) is 4.31. The molecule has 29 heavy (non-hydrogen) atoms. The molecule has 0 spiro atoms. The van der Waals surface area contributed by atoms with Crippen LogP contribution in [0.3, 0.4) is 0 Å². The van der Waals surface area contributed by atoms with Crippen molar-refractivity contribution < 1.29 is 34.2 Å². The van der Waals surface area contributed by atoms with Gasteiger partial charge in [0.15, 0.2) is 18.1 Å². The van der Waals surface area contributed by atoms with Gasteiger partial charge >= 0.3 is 17.9 Å². The number of allylic oxidation sites excluding steroid dienone is 2. The molecule has 0 saturated carbocycles. The molecule has 3 unspecified atom stereocenters. The van der Waals surface area contributed by atoms with E-state index in [1.807, 2.05) is 0 Å². The van der Waals surface area contributed by atoms with Crippen LogP contribution in [0.2, 0.25) is 0 Å². The van der Waals surface area contributed by atoms with E-state index in [2.05, 4.69) is 19.1 Å². The van der Waals surface area contributed by atoms with E-state index in [0.29, 0.717) is 6.42 Å². The fraction of sp³-hybridized carbons (Fsp3) is 0.773. The Bertz CT molecular complexity index is 495. The number of nitrogens with zero attached hydrogens (tertiary/aromatic N) is 1. The fourth-order valence-electron chi connectivity index (χ4n) is 3.95. The SMILES string of the molecule is CCCCC/C=C/CCCCCC[N+](C(C)C(=O)O)(C(C)C(=O)O)C(C)C(=O)O. The van der Waals surface area contributed by atoms with Crippen molar-refractivity contribution in [3.63, 3.8) is 0 Å². The number of unbranched alkanes of at least 4 members (excludes halogenated alkanes) is 7. The number of hydrogen-bond donors (Lipinski definition) is 3. The lowest BCUT2D eigenvalue weighted by atomic mass is 10.00. The Morgan fingerprint density at radius 3 is 1.45 bits per heavy atom. The first-order valence-corrected chi connectivity index (χ1v) is 10.8. The predicted molar refractivity (Wildman–Crippen MR) is 113 cm³/mol. The van der Waals surface area contributed by atoms with Crippen molar-refractivity contribution in [2.45, 2.75) is 104 Å². The third-order valence-electron chi connectivity index (χ3n) is 6.04. The van der Waals surface area contributed by atoms with Crippen molar-refractivity contribution in [1.82, 2.24) is 0 Å². The Morgan fingerprint density at radius 1 is 0.690 bits per heavy atom. The van der Waals surface area contributed by atoms with Gasteiger partial charge in [-0.2, -0.15) is 0 Å². The zero-order valence-corrected chi connectivity index (χ0v) is 18.5. The Balaban J connectivity index is 4.88. The molecule has 0 radical (unpaired) electrons. The second-order valence-electron chi connectivity index (χ2n) is 7.93. The Labute approximate surface area is 175 Å². The molecule has 7 heteroatoms. The highest BCUT2D eigenvalue weighted by Gasteiger charge is 2.52. The molecule has 0 bridgehead atoms. The molecule has 168 valence electrons. The van der Waals surface area contributed by atoms with Crippen molar-refractivity contribution in [3.8, 4) is 0 Å². The summed E-state index contributed by atoms with van der Waals surface area (Å²) in [6, 6.07) is -3.38. The molecule has 3 atom stereocenters. The van der Waals surface area contributed by atoms with Gasteiger partial charge in [0, 0.05) is 0 Å². The van der Waals surface area contributed by atoms with E-state index in [4.69, 9.17) is 0 Å². The minimum absolute atomic E-state index is 0.210. The van der Waals surface area contributed by atoms with Crippen LogP contribution in [0.15, 0.2) is 12.2 Å². The number of aliphatic carboxylic acids is 3. The second-order valence-corrected chi connectivity index (χ2v) is 7.93. The minimum Gasteiger partial charge on any atom is -0.477 e. The molecule has 0 aromatic heterocycles. The summed E-state index contributed by atoms with van der Waals surface area (Å²) in [6.07, 6.45) is 13.6. The number of hydrogen-bond acceptors (Lipinski definition) is 3. The summed E-state index contributed by atoms with van der Waals surface area (Å²) >= 11 is 0. The summed E-state index contributed by atoms with van der Waals surface area (Å²) in [4.78, 5) is 35.1. The van der Waals surface area contributed by atoms with Gasteiger partial charge in [-0.25, -0.2) is 14.4 Å². The molecule has 0 aromatic rings. The van der Waals surface area contributed by atoms with Gasteiger partial charge in [-0.3, -0.25) is 4.48 Å². The van der Waals surface area contributed by atoms with Gasteiger partial charge in [-0.1, -0.05) is 38.3 Å². The number of carboxylic acids is 3. The zero-order chi connectivity index (χ0) is 22.4. The quantitative estimate of drug-likeness (QED) is 0.186. The lowest BCUT2D eigenvalue weighted by molar-refractivity contribution is -0.968. The highest BCUT2D eigenvalue weighted by molar-refractivity contribution is 5.77. The average molecular weight is 415 g/mol. The molecule has 0 amide bonds. The maximum atomic E-state index is 11.7. The van der Waals surface area contributed by atoms with E-state index in [9.17, 15) is 29.7 Å². The first-order chi connectivity index (χ1) is 13.6. The number of carbonyl (C=O) groups is 3. The molecule has 3 N–H and O–H groups in total. The fourth-order valence-corrected chi connectivity index (χ4v) is 3.95. The summed E-state index contributed by atoms with van der Waals surface area (Å²) in [5.41, 5.74) is 0. The van der Waals surface area contributed by atoms with E-state index in [0.717, 1.165) is 32.1 Å². The van der Waals surface area contributed by atoms with Crippen molar-refractivity contribution in [2.75, 3.05) is 6.54 Å². The van der Waals surface area contributed by atoms with Gasteiger partial charge in [0.05, 0.1) is 6.54 Å². The molecule has 0 heterocycles. The third kappa shape index (κ3) is 8.56. The van der Waals surface area contributed by atoms with E-state index in [1.54, 1.807) is 0 Å². The number of quaternary nitrogens is 1. The molecule has 0 rings (SSSR count). The first kappa shape index (κ1) is 27.1. The standard InChI is InChI=1S/C22H39NO6/c1-5-6-7-8-9-10-11-12-13-14-15-16-23(17(2)20(24)25,18(3)21(26)27)19(4)22(28)29/h9-10,17-19H,5-8,11-16H2,1-4H3,(H2-,24,25,26,27,28,29)/p+1/b10-9+. The van der Waals surface area contributed by atoms with Crippen molar-refractivity contribution >= 4 is 17.9 Å². The molecule has 0 aliphatic heterocycles. The summed E-state index contributed by atoms with van der Waals surface area (Å²) in [6.45, 7) is 6.61. The summed E-state index contributed by atoms with van der Waals surface area (Å²) in [7, 11) is 0. The molecule has 0 aliphatic carbocycles. The molecule has 0 aliphatic rings. The molecule has 7 nitrogen and oxygen atoms in total. The molecule has 0 aromatic carbocycles. The molecule has 0 fully saturated rings. The second kappa shape index (κ2) is 14.1. The van der Waals surface area contributed by atoms with Crippen LogP contribution in [0.4, 0.5) is 0 Å². The van der Waals surface area contributed by atoms with Crippen LogP contribution in [0.1, 0.15) is 85.5 Å². The summed E-state index contributed by atoms with van der Waals surface area (Å²) < 4.78 is -0.489. The van der Waals surface area contributed by atoms with Crippen LogP contribution in [0.25, 0.3) is 0 Å². The number of carboxylic acid groups (broad SMARTS) is 3. The van der Waals surface area contributed by atoms with Crippen LogP contribution in [-0.4, -0.2) is 62.4 Å². The van der Waals surface area contributed by atoms with Gasteiger partial charge in [0.25, 0.3) is 0 Å². The lowest BCUT2D eigenvalue weighted by Crippen LogP contribution is -2.70. The highest BCUT2D eigenvalue weighted by atomic mass is 16.4. The number of rotatable bonds is 17. The van der Waals surface area contributed by atoms with Gasteiger partial charge in [-0.05, 0) is 59.3 Å². The normalized spacial score (nSPS) is 16.8. The van der Waals surface area contributed by atoms with E-state index >= 15 is 0 Å². The average Bonchev–Trinajstić information content (AvgIpc) is 2.67. The van der Waals surface area contributed by atoms with Gasteiger partial charge in [-0.15, -0.1) is 0 Å². The molecular weight excluding hydrogens is 374 g/mol. The van der Waals surface area contributed by atoms with Crippen LogP contribution >= 0.6 is 0 Å². The zero-order valence-electron chi connectivity index (χ0n) is 18.5. The Morgan fingerprint density at radius 2 is 1.07 bits per heavy atom. The monoisotopic (exact) mass is 414 g/mol. The smallest absolute Gasteiger partial charge is 0.362 e. The van der Waals surface area contributed by atoms with Gasteiger partial charge in [0.1, 0.15) is 0 Å². The highest BCUT2D eigenvalue weighted by Crippen LogP contribution is 2.27. The van der Waals surface area contributed by atoms with E-state index in [1.165, 1.54) is 40.0 Å². The third-order valence-corrected chi connectivity index (χ3v) is 6.04. The van der Waals surface area contributed by atoms with Crippen molar-refractivity contribution in [3.05, 3.63) is 12.2 Å². The van der Waals surface area contributed by atoms with Crippen LogP contribution < -0.4 is 0 Å². The maximum Gasteiger partial charge on any atom is 0.362 e. The Hall–Kier alpha value is -1.89. The van der Waals surface area contributed by atoms with Crippen molar-refractivity contribution in [2.24, 2.45) is 0 Å². The van der Waals surface area contributed by atoms with Crippen molar-refractivity contribution in [1.29, 1.82) is 0 Å². The molecule has 0 saturated heterocycles. The molecular formula is C22H40NO6+. The maximum absolute atomic E-state index is 11.7. The summed E-state index contributed by atoms with van der Waals surface area (Å²) in [5, 5.41) is 28.6. The van der Waals surface area contributed by atoms with Crippen LogP contribution in [-0.2, 0) is 14.4 Å².